The van der Waals surface area contributed by atoms with Crippen molar-refractivity contribution in [3.63, 3.8) is 0 Å². The van der Waals surface area contributed by atoms with Gasteiger partial charge in [0.05, 0.1) is 0 Å². The van der Waals surface area contributed by atoms with Crippen LogP contribution in [0.25, 0.3) is 0 Å². The smallest absolute Gasteiger partial charge is 0.239 e. The second-order valence-corrected chi connectivity index (χ2v) is 5.72. The monoisotopic (exact) mass is 251 g/mol. The molecule has 0 spiro atoms. The maximum atomic E-state index is 11.5. The van der Waals surface area contributed by atoms with E-state index >= 15 is 0 Å². The summed E-state index contributed by atoms with van der Waals surface area (Å²) in [6.07, 6.45) is 4.90. The third-order valence-corrected chi connectivity index (χ3v) is 3.26. The third kappa shape index (κ3) is 4.70. The molecule has 0 fully saturated rings. The van der Waals surface area contributed by atoms with Crippen LogP contribution in [0, 0.1) is 19.3 Å². The first kappa shape index (κ1) is 13.3. The van der Waals surface area contributed by atoms with E-state index in [0.717, 1.165) is 5.56 Å². The van der Waals surface area contributed by atoms with Crippen molar-refractivity contribution in [2.75, 3.05) is 16.8 Å². The van der Waals surface area contributed by atoms with Gasteiger partial charge in [0, 0.05) is 5.69 Å². The summed E-state index contributed by atoms with van der Waals surface area (Å²) in [5.41, 5.74) is 1.56. The molecule has 0 bridgehead atoms. The Morgan fingerprint density at radius 3 is 2.76 bits per heavy atom. The molecule has 0 aliphatic heterocycles. The maximum absolute atomic E-state index is 11.5. The lowest BCUT2D eigenvalue weighted by Crippen LogP contribution is -2.24. The normalized spacial score (nSPS) is 10.6. The van der Waals surface area contributed by atoms with Gasteiger partial charge in [-0.25, -0.2) is 8.42 Å². The molecule has 0 aliphatic carbocycles. The molecule has 0 saturated carbocycles. The Kier molecular flexibility index (Phi) is 4.30. The molecule has 0 atom stereocenters. The number of terminal acetylenes is 1. The Balaban J connectivity index is 2.66. The van der Waals surface area contributed by atoms with Crippen LogP contribution in [0.1, 0.15) is 5.56 Å². The van der Waals surface area contributed by atoms with Crippen molar-refractivity contribution < 1.29 is 13.2 Å². The number of anilines is 1. The number of sulfone groups is 1. The zero-order valence-electron chi connectivity index (χ0n) is 9.43. The van der Waals surface area contributed by atoms with Crippen molar-refractivity contribution in [3.05, 3.63) is 29.8 Å². The van der Waals surface area contributed by atoms with Crippen molar-refractivity contribution in [2.24, 2.45) is 0 Å². The SMILES string of the molecule is C#CCS(=O)(=O)CC(=O)Nc1cccc(C)c1. The molecule has 4 nitrogen and oxygen atoms in total. The minimum atomic E-state index is -3.51. The van der Waals surface area contributed by atoms with Crippen LogP contribution in [0.2, 0.25) is 0 Å². The highest BCUT2D eigenvalue weighted by Gasteiger charge is 2.15. The minimum Gasteiger partial charge on any atom is -0.325 e. The molecular weight excluding hydrogens is 238 g/mol. The molecule has 0 unspecified atom stereocenters. The first-order valence-electron chi connectivity index (χ1n) is 4.93. The second kappa shape index (κ2) is 5.51. The van der Waals surface area contributed by atoms with Gasteiger partial charge in [0.15, 0.2) is 9.84 Å². The van der Waals surface area contributed by atoms with Crippen molar-refractivity contribution in [1.82, 2.24) is 0 Å². The predicted octanol–water partition coefficient (Wildman–Crippen LogP) is 0.982. The van der Waals surface area contributed by atoms with Gasteiger partial charge >= 0.3 is 0 Å². The van der Waals surface area contributed by atoms with E-state index in [2.05, 4.69) is 5.32 Å². The van der Waals surface area contributed by atoms with E-state index in [0.29, 0.717) is 5.69 Å². The summed E-state index contributed by atoms with van der Waals surface area (Å²) in [5, 5.41) is 2.51. The van der Waals surface area contributed by atoms with Gasteiger partial charge < -0.3 is 5.32 Å². The highest BCUT2D eigenvalue weighted by molar-refractivity contribution is 7.92. The Bertz CT molecular complexity index is 555. The van der Waals surface area contributed by atoms with Crippen LogP contribution in [0.3, 0.4) is 0 Å². The third-order valence-electron chi connectivity index (χ3n) is 1.96. The van der Waals surface area contributed by atoms with Crippen LogP contribution in [-0.2, 0) is 14.6 Å². The number of carbonyl (C=O) groups is 1. The lowest BCUT2D eigenvalue weighted by atomic mass is 10.2. The average molecular weight is 251 g/mol. The molecule has 5 heteroatoms. The standard InChI is InChI=1S/C12H13NO3S/c1-3-7-17(15,16)9-12(14)13-11-6-4-5-10(2)8-11/h1,4-6,8H,7,9H2,2H3,(H,13,14). The van der Waals surface area contributed by atoms with Gasteiger partial charge in [-0.2, -0.15) is 0 Å². The molecule has 0 saturated heterocycles. The van der Waals surface area contributed by atoms with Crippen LogP contribution in [-0.4, -0.2) is 25.8 Å². The summed E-state index contributed by atoms with van der Waals surface area (Å²) in [5.74, 6) is 0.426. The summed E-state index contributed by atoms with van der Waals surface area (Å²) < 4.78 is 22.6. The minimum absolute atomic E-state index is 0.422. The maximum Gasteiger partial charge on any atom is 0.239 e. The van der Waals surface area contributed by atoms with Gasteiger partial charge in [0.2, 0.25) is 5.91 Å². The molecule has 0 aliphatic rings. The zero-order valence-corrected chi connectivity index (χ0v) is 10.3. The molecule has 1 amide bonds. The molecule has 1 aromatic carbocycles. The molecule has 0 aromatic heterocycles. The lowest BCUT2D eigenvalue weighted by molar-refractivity contribution is -0.113. The fourth-order valence-corrected chi connectivity index (χ4v) is 2.13. The second-order valence-electron chi connectivity index (χ2n) is 3.65. The number of rotatable bonds is 4. The van der Waals surface area contributed by atoms with Crippen molar-refractivity contribution in [1.29, 1.82) is 0 Å². The number of nitrogens with one attached hydrogen (secondary N) is 1. The Hall–Kier alpha value is -1.80. The Labute approximate surface area is 101 Å². The Morgan fingerprint density at radius 1 is 1.47 bits per heavy atom. The van der Waals surface area contributed by atoms with Crippen LogP contribution in [0.4, 0.5) is 5.69 Å². The van der Waals surface area contributed by atoms with E-state index < -0.39 is 27.3 Å². The summed E-state index contributed by atoms with van der Waals surface area (Å²) >= 11 is 0. The first-order valence-corrected chi connectivity index (χ1v) is 6.75. The first-order chi connectivity index (χ1) is 7.93. The van der Waals surface area contributed by atoms with Crippen LogP contribution in [0.5, 0.6) is 0 Å². The van der Waals surface area contributed by atoms with Crippen LogP contribution < -0.4 is 5.32 Å². The van der Waals surface area contributed by atoms with E-state index in [4.69, 9.17) is 6.42 Å². The zero-order chi connectivity index (χ0) is 12.9. The predicted molar refractivity (Wildman–Crippen MR) is 67.3 cm³/mol. The quantitative estimate of drug-likeness (QED) is 0.811. The summed E-state index contributed by atoms with van der Waals surface area (Å²) in [6.45, 7) is 1.88. The highest BCUT2D eigenvalue weighted by atomic mass is 32.2. The average Bonchev–Trinajstić information content (AvgIpc) is 2.15. The van der Waals surface area contributed by atoms with E-state index in [-0.39, 0.29) is 0 Å². The highest BCUT2D eigenvalue weighted by Crippen LogP contribution is 2.09. The lowest BCUT2D eigenvalue weighted by Gasteiger charge is -2.05. The molecule has 0 radical (unpaired) electrons. The van der Waals surface area contributed by atoms with E-state index in [1.54, 1.807) is 18.2 Å². The summed E-state index contributed by atoms with van der Waals surface area (Å²) in [7, 11) is -3.51. The molecule has 17 heavy (non-hydrogen) atoms. The van der Waals surface area contributed by atoms with E-state index in [1.807, 2.05) is 18.9 Å². The number of aryl methyl sites for hydroxylation is 1. The topological polar surface area (TPSA) is 63.2 Å². The molecule has 1 aromatic rings. The fourth-order valence-electron chi connectivity index (χ4n) is 1.30. The van der Waals surface area contributed by atoms with Gasteiger partial charge in [-0.1, -0.05) is 18.1 Å². The fraction of sp³-hybridized carbons (Fsp3) is 0.250. The van der Waals surface area contributed by atoms with Gasteiger partial charge in [-0.3, -0.25) is 4.79 Å². The van der Waals surface area contributed by atoms with E-state index in [1.165, 1.54) is 0 Å². The number of hydrogen-bond donors (Lipinski definition) is 1. The molecule has 1 N–H and O–H groups in total. The van der Waals surface area contributed by atoms with Gasteiger partial charge in [-0.15, -0.1) is 6.42 Å². The Morgan fingerprint density at radius 2 is 2.18 bits per heavy atom. The molecule has 90 valence electrons. The van der Waals surface area contributed by atoms with E-state index in [9.17, 15) is 13.2 Å². The van der Waals surface area contributed by atoms with Gasteiger partial charge in [0.1, 0.15) is 11.5 Å². The van der Waals surface area contributed by atoms with Crippen molar-refractivity contribution >= 4 is 21.4 Å². The number of amides is 1. The molecule has 1 rings (SSSR count). The van der Waals surface area contributed by atoms with Gasteiger partial charge in [-0.05, 0) is 24.6 Å². The van der Waals surface area contributed by atoms with Gasteiger partial charge in [0.25, 0.3) is 0 Å². The van der Waals surface area contributed by atoms with Crippen LogP contribution in [0.15, 0.2) is 24.3 Å². The summed E-state index contributed by atoms with van der Waals surface area (Å²) in [6, 6.07) is 7.11. The van der Waals surface area contributed by atoms with Crippen molar-refractivity contribution in [3.8, 4) is 12.3 Å². The number of hydrogen-bond acceptors (Lipinski definition) is 3. The molecular formula is C12H13NO3S. The van der Waals surface area contributed by atoms with Crippen molar-refractivity contribution in [2.45, 2.75) is 6.92 Å². The largest absolute Gasteiger partial charge is 0.325 e. The van der Waals surface area contributed by atoms with Crippen LogP contribution >= 0.6 is 0 Å². The number of carbonyl (C=O) groups excluding carboxylic acids is 1. The molecule has 0 heterocycles. The summed E-state index contributed by atoms with van der Waals surface area (Å²) in [4.78, 5) is 11.5. The number of benzene rings is 1.